The molecule has 1 aliphatic rings. The Kier molecular flexibility index (Phi) is 4.98. The molecule has 0 saturated carbocycles. The molecule has 2 atom stereocenters. The van der Waals surface area contributed by atoms with E-state index in [0.29, 0.717) is 17.1 Å². The minimum Gasteiger partial charge on any atom is -0.388 e. The van der Waals surface area contributed by atoms with Crippen molar-refractivity contribution in [2.24, 2.45) is 0 Å². The average Bonchev–Trinajstić information content (AvgIpc) is 3.09. The second kappa shape index (κ2) is 7.15. The van der Waals surface area contributed by atoms with Crippen molar-refractivity contribution in [3.8, 4) is 0 Å². The van der Waals surface area contributed by atoms with Crippen LogP contribution in [-0.2, 0) is 4.79 Å². The molecule has 2 N–H and O–H groups in total. The molecule has 1 aliphatic heterocycles. The highest BCUT2D eigenvalue weighted by Gasteiger charge is 2.30. The number of hydrogen-bond acceptors (Lipinski definition) is 3. The molecule has 0 bridgehead atoms. The highest BCUT2D eigenvalue weighted by molar-refractivity contribution is 6.30. The van der Waals surface area contributed by atoms with Gasteiger partial charge in [-0.2, -0.15) is 0 Å². The second-order valence-electron chi connectivity index (χ2n) is 5.84. The van der Waals surface area contributed by atoms with E-state index in [1.54, 1.807) is 36.7 Å². The van der Waals surface area contributed by atoms with E-state index in [4.69, 9.17) is 11.6 Å². The number of H-pyrrole nitrogens is 1. The summed E-state index contributed by atoms with van der Waals surface area (Å²) in [6.45, 7) is 0.706. The Morgan fingerprint density at radius 1 is 1.39 bits per heavy atom. The molecule has 0 aliphatic carbocycles. The monoisotopic (exact) mass is 333 g/mol. The quantitative estimate of drug-likeness (QED) is 0.902. The van der Waals surface area contributed by atoms with Crippen LogP contribution >= 0.6 is 11.6 Å². The lowest BCUT2D eigenvalue weighted by atomic mass is 9.99. The Labute approximate surface area is 140 Å². The number of benzene rings is 1. The number of nitrogens with zero attached hydrogens (tertiary/aromatic N) is 2. The van der Waals surface area contributed by atoms with Crippen molar-refractivity contribution in [3.63, 3.8) is 0 Å². The van der Waals surface area contributed by atoms with Crippen LogP contribution in [0.4, 0.5) is 0 Å². The number of carbonyl (C=O) groups excluding carboxylic acids is 1. The summed E-state index contributed by atoms with van der Waals surface area (Å²) < 4.78 is 0. The van der Waals surface area contributed by atoms with Gasteiger partial charge in [0.15, 0.2) is 0 Å². The van der Waals surface area contributed by atoms with Gasteiger partial charge in [-0.05, 0) is 37.0 Å². The van der Waals surface area contributed by atoms with Crippen LogP contribution in [0.1, 0.15) is 49.2 Å². The van der Waals surface area contributed by atoms with Gasteiger partial charge in [-0.25, -0.2) is 4.98 Å². The van der Waals surface area contributed by atoms with Crippen molar-refractivity contribution in [3.05, 3.63) is 53.1 Å². The molecule has 1 aromatic heterocycles. The highest BCUT2D eigenvalue weighted by Crippen LogP contribution is 2.30. The third-order valence-electron chi connectivity index (χ3n) is 4.28. The summed E-state index contributed by atoms with van der Waals surface area (Å²) in [5.74, 6) is 0.771. The average molecular weight is 334 g/mol. The summed E-state index contributed by atoms with van der Waals surface area (Å²) in [6, 6.07) is 6.92. The summed E-state index contributed by atoms with van der Waals surface area (Å²) in [7, 11) is 0. The normalized spacial score (nSPS) is 19.6. The van der Waals surface area contributed by atoms with Gasteiger partial charge in [-0.15, -0.1) is 0 Å². The molecule has 6 heteroatoms. The first kappa shape index (κ1) is 16.0. The number of aromatic nitrogens is 2. The number of aromatic amines is 1. The zero-order chi connectivity index (χ0) is 16.2. The number of aliphatic hydroxyl groups is 1. The molecule has 1 fully saturated rings. The number of hydrogen-bond donors (Lipinski definition) is 2. The van der Waals surface area contributed by atoms with Gasteiger partial charge in [-0.3, -0.25) is 4.79 Å². The van der Waals surface area contributed by atoms with E-state index >= 15 is 0 Å². The number of piperidine rings is 1. The second-order valence-corrected chi connectivity index (χ2v) is 6.28. The van der Waals surface area contributed by atoms with Crippen molar-refractivity contribution in [2.75, 3.05) is 6.54 Å². The van der Waals surface area contributed by atoms with Crippen LogP contribution < -0.4 is 0 Å². The fourth-order valence-corrected chi connectivity index (χ4v) is 3.19. The van der Waals surface area contributed by atoms with Crippen LogP contribution in [-0.4, -0.2) is 32.4 Å². The molecular formula is C17H20ClN3O2. The maximum Gasteiger partial charge on any atom is 0.226 e. The lowest BCUT2D eigenvalue weighted by Gasteiger charge is -2.35. The van der Waals surface area contributed by atoms with Gasteiger partial charge in [0.1, 0.15) is 5.82 Å². The highest BCUT2D eigenvalue weighted by atomic mass is 35.5. The molecule has 2 heterocycles. The Balaban J connectivity index is 1.69. The number of rotatable bonds is 4. The summed E-state index contributed by atoms with van der Waals surface area (Å²) in [6.07, 6.45) is 5.69. The first-order valence-corrected chi connectivity index (χ1v) is 8.25. The van der Waals surface area contributed by atoms with E-state index in [0.717, 1.165) is 25.1 Å². The van der Waals surface area contributed by atoms with Crippen LogP contribution in [0.5, 0.6) is 0 Å². The Morgan fingerprint density at radius 3 is 2.87 bits per heavy atom. The van der Waals surface area contributed by atoms with E-state index in [-0.39, 0.29) is 18.4 Å². The van der Waals surface area contributed by atoms with Crippen molar-refractivity contribution in [2.45, 2.75) is 37.8 Å². The molecule has 23 heavy (non-hydrogen) atoms. The van der Waals surface area contributed by atoms with Gasteiger partial charge in [0.05, 0.1) is 18.6 Å². The third kappa shape index (κ3) is 3.74. The summed E-state index contributed by atoms with van der Waals surface area (Å²) >= 11 is 5.85. The van der Waals surface area contributed by atoms with E-state index in [9.17, 15) is 9.90 Å². The maximum atomic E-state index is 12.7. The summed E-state index contributed by atoms with van der Waals surface area (Å²) in [4.78, 5) is 21.9. The minimum absolute atomic E-state index is 0.0244. The Morgan fingerprint density at radius 2 is 2.17 bits per heavy atom. The lowest BCUT2D eigenvalue weighted by Crippen LogP contribution is -2.39. The smallest absolute Gasteiger partial charge is 0.226 e. The van der Waals surface area contributed by atoms with E-state index < -0.39 is 6.10 Å². The predicted molar refractivity (Wildman–Crippen MR) is 87.9 cm³/mol. The van der Waals surface area contributed by atoms with Crippen molar-refractivity contribution < 1.29 is 9.90 Å². The molecule has 5 nitrogen and oxygen atoms in total. The molecule has 0 spiro atoms. The molecule has 0 radical (unpaired) electrons. The van der Waals surface area contributed by atoms with Crippen molar-refractivity contribution in [1.29, 1.82) is 0 Å². The molecule has 122 valence electrons. The van der Waals surface area contributed by atoms with Crippen molar-refractivity contribution in [1.82, 2.24) is 14.9 Å². The van der Waals surface area contributed by atoms with Crippen LogP contribution in [0, 0.1) is 0 Å². The van der Waals surface area contributed by atoms with Gasteiger partial charge in [0.25, 0.3) is 0 Å². The van der Waals surface area contributed by atoms with Crippen LogP contribution in [0.2, 0.25) is 5.02 Å². The maximum absolute atomic E-state index is 12.7. The van der Waals surface area contributed by atoms with Crippen LogP contribution in [0.25, 0.3) is 0 Å². The zero-order valence-electron chi connectivity index (χ0n) is 12.8. The standard InChI is InChI=1S/C17H20ClN3O2/c18-13-6-4-12(5-7-13)15(22)11-16(23)21-10-2-1-3-14(21)17-19-8-9-20-17/h4-9,14-15,22H,1-3,10-11H2,(H,19,20). The Hall–Kier alpha value is -1.85. The molecule has 2 aromatic rings. The lowest BCUT2D eigenvalue weighted by molar-refractivity contribution is -0.137. The van der Waals surface area contributed by atoms with Gasteiger partial charge < -0.3 is 15.0 Å². The van der Waals surface area contributed by atoms with Gasteiger partial charge in [-0.1, -0.05) is 23.7 Å². The number of likely N-dealkylation sites (tertiary alicyclic amines) is 1. The fourth-order valence-electron chi connectivity index (χ4n) is 3.06. The van der Waals surface area contributed by atoms with Crippen LogP contribution in [0.15, 0.2) is 36.7 Å². The minimum atomic E-state index is -0.820. The molecule has 1 saturated heterocycles. The molecule has 1 aromatic carbocycles. The largest absolute Gasteiger partial charge is 0.388 e. The van der Waals surface area contributed by atoms with Gasteiger partial charge in [0, 0.05) is 24.0 Å². The van der Waals surface area contributed by atoms with E-state index in [1.807, 2.05) is 4.90 Å². The molecule has 1 amide bonds. The fraction of sp³-hybridized carbons (Fsp3) is 0.412. The molecule has 2 unspecified atom stereocenters. The number of carbonyl (C=O) groups is 1. The van der Waals surface area contributed by atoms with E-state index in [1.165, 1.54) is 0 Å². The first-order valence-electron chi connectivity index (χ1n) is 7.87. The number of imidazole rings is 1. The van der Waals surface area contributed by atoms with Crippen LogP contribution in [0.3, 0.4) is 0 Å². The zero-order valence-corrected chi connectivity index (χ0v) is 13.5. The number of aliphatic hydroxyl groups excluding tert-OH is 1. The number of nitrogens with one attached hydrogen (secondary N) is 1. The molecular weight excluding hydrogens is 314 g/mol. The number of halogens is 1. The Bertz CT molecular complexity index is 642. The summed E-state index contributed by atoms with van der Waals surface area (Å²) in [5.41, 5.74) is 0.703. The third-order valence-corrected chi connectivity index (χ3v) is 4.53. The summed E-state index contributed by atoms with van der Waals surface area (Å²) in [5, 5.41) is 10.9. The SMILES string of the molecule is O=C(CC(O)c1ccc(Cl)cc1)N1CCCCC1c1ncc[nH]1. The van der Waals surface area contributed by atoms with Gasteiger partial charge in [0.2, 0.25) is 5.91 Å². The topological polar surface area (TPSA) is 69.2 Å². The molecule has 3 rings (SSSR count). The van der Waals surface area contributed by atoms with E-state index in [2.05, 4.69) is 9.97 Å². The number of amides is 1. The first-order chi connectivity index (χ1) is 11.1. The van der Waals surface area contributed by atoms with Crippen molar-refractivity contribution >= 4 is 17.5 Å². The predicted octanol–water partition coefficient (Wildman–Crippen LogP) is 3.24. The van der Waals surface area contributed by atoms with Gasteiger partial charge >= 0.3 is 0 Å².